The lowest BCUT2D eigenvalue weighted by Crippen LogP contribution is -2.46. The summed E-state index contributed by atoms with van der Waals surface area (Å²) >= 11 is 0. The second-order valence-corrected chi connectivity index (χ2v) is 11.1. The van der Waals surface area contributed by atoms with Gasteiger partial charge in [0.1, 0.15) is 5.82 Å². The van der Waals surface area contributed by atoms with Gasteiger partial charge >= 0.3 is 7.12 Å². The topological polar surface area (TPSA) is 142 Å². The number of hydroxylamine groups is 1. The summed E-state index contributed by atoms with van der Waals surface area (Å²) in [6, 6.07) is 18.0. The highest BCUT2D eigenvalue weighted by Crippen LogP contribution is 2.31. The van der Waals surface area contributed by atoms with E-state index in [1.54, 1.807) is 42.5 Å². The second kappa shape index (κ2) is 13.2. The van der Waals surface area contributed by atoms with Crippen molar-refractivity contribution in [3.05, 3.63) is 71.8 Å². The van der Waals surface area contributed by atoms with Gasteiger partial charge in [-0.2, -0.15) is 9.97 Å². The maximum absolute atomic E-state index is 12.9. The number of morpholine rings is 2. The highest BCUT2D eigenvalue weighted by Gasteiger charge is 2.27. The number of ether oxygens (including phenoxy) is 2. The van der Waals surface area contributed by atoms with Crippen molar-refractivity contribution in [1.29, 1.82) is 0 Å². The predicted octanol–water partition coefficient (Wildman–Crippen LogP) is 1.68. The van der Waals surface area contributed by atoms with Crippen LogP contribution in [0, 0.1) is 0 Å². The zero-order chi connectivity index (χ0) is 30.6. The Morgan fingerprint density at radius 2 is 1.68 bits per heavy atom. The van der Waals surface area contributed by atoms with Gasteiger partial charge in [-0.05, 0) is 49.1 Å². The van der Waals surface area contributed by atoms with Crippen LogP contribution in [0.2, 0.25) is 0 Å². The van der Waals surface area contributed by atoms with E-state index in [1.807, 2.05) is 18.2 Å². The Balaban J connectivity index is 1.25. The Kier molecular flexibility index (Phi) is 9.00. The fraction of sp³-hybridized carbons (Fsp3) is 0.355. The highest BCUT2D eigenvalue weighted by atomic mass is 16.6. The van der Waals surface area contributed by atoms with Crippen LogP contribution < -0.4 is 20.7 Å². The molecule has 3 N–H and O–H groups in total. The van der Waals surface area contributed by atoms with Crippen molar-refractivity contribution in [3.8, 4) is 11.3 Å². The average molecular weight is 598 g/mol. The minimum Gasteiger partial charge on any atom is -0.423 e. The average Bonchev–Trinajstić information content (AvgIpc) is 3.04. The first-order valence-electron chi connectivity index (χ1n) is 14.7. The molecule has 2 fully saturated rings. The minimum absolute atomic E-state index is 0.118. The monoisotopic (exact) mass is 598 g/mol. The number of amides is 1. The lowest BCUT2D eigenvalue weighted by Gasteiger charge is -2.37. The molecule has 2 aliphatic rings. The first kappa shape index (κ1) is 29.9. The van der Waals surface area contributed by atoms with Crippen LogP contribution in [0.15, 0.2) is 60.7 Å². The van der Waals surface area contributed by atoms with Gasteiger partial charge in [0.05, 0.1) is 56.2 Å². The van der Waals surface area contributed by atoms with Crippen molar-refractivity contribution >= 4 is 41.3 Å². The molecule has 2 saturated heterocycles. The molecule has 12 nitrogen and oxygen atoms in total. The molecule has 2 unspecified atom stereocenters. The van der Waals surface area contributed by atoms with Crippen LogP contribution in [0.1, 0.15) is 29.8 Å². The molecule has 0 saturated carbocycles. The number of hydrogen-bond donors (Lipinski definition) is 3. The van der Waals surface area contributed by atoms with Crippen molar-refractivity contribution in [1.82, 2.24) is 20.4 Å². The van der Waals surface area contributed by atoms with Crippen LogP contribution >= 0.6 is 0 Å². The van der Waals surface area contributed by atoms with E-state index in [1.165, 1.54) is 0 Å². The van der Waals surface area contributed by atoms with E-state index in [2.05, 4.69) is 29.1 Å². The zero-order valence-corrected chi connectivity index (χ0v) is 24.7. The summed E-state index contributed by atoms with van der Waals surface area (Å²) in [5.41, 5.74) is 6.06. The van der Waals surface area contributed by atoms with E-state index in [0.29, 0.717) is 61.3 Å². The molecule has 0 aliphatic carbocycles. The molecule has 6 rings (SSSR count). The van der Waals surface area contributed by atoms with E-state index in [9.17, 15) is 14.8 Å². The van der Waals surface area contributed by atoms with Gasteiger partial charge in [-0.3, -0.25) is 9.63 Å². The Labute approximate surface area is 255 Å². The maximum Gasteiger partial charge on any atom is 0.488 e. The summed E-state index contributed by atoms with van der Waals surface area (Å²) in [5, 5.41) is 19.3. The summed E-state index contributed by atoms with van der Waals surface area (Å²) in [4.78, 5) is 37.7. The molecular weight excluding hydrogens is 563 g/mol. The maximum atomic E-state index is 12.9. The van der Waals surface area contributed by atoms with Crippen molar-refractivity contribution in [2.45, 2.75) is 32.5 Å². The highest BCUT2D eigenvalue weighted by molar-refractivity contribution is 6.58. The van der Waals surface area contributed by atoms with Crippen molar-refractivity contribution in [3.63, 3.8) is 0 Å². The number of fused-ring (bicyclic) bond motifs is 1. The Morgan fingerprint density at radius 3 is 2.39 bits per heavy atom. The van der Waals surface area contributed by atoms with E-state index in [-0.39, 0.29) is 18.7 Å². The molecule has 44 heavy (non-hydrogen) atoms. The van der Waals surface area contributed by atoms with E-state index >= 15 is 0 Å². The fourth-order valence-electron chi connectivity index (χ4n) is 5.41. The van der Waals surface area contributed by atoms with Crippen LogP contribution in [0.3, 0.4) is 0 Å². The number of nitrogens with one attached hydrogen (secondary N) is 1. The third-order valence-electron chi connectivity index (χ3n) is 7.89. The molecule has 2 aliphatic heterocycles. The van der Waals surface area contributed by atoms with E-state index in [4.69, 9.17) is 29.3 Å². The summed E-state index contributed by atoms with van der Waals surface area (Å²) < 4.78 is 11.3. The summed E-state index contributed by atoms with van der Waals surface area (Å²) in [6.45, 7) is 8.24. The van der Waals surface area contributed by atoms with Crippen molar-refractivity contribution < 1.29 is 29.2 Å². The first-order chi connectivity index (χ1) is 21.4. The third-order valence-corrected chi connectivity index (χ3v) is 7.89. The Bertz CT molecular complexity index is 1620. The molecule has 1 amide bonds. The molecule has 0 spiro atoms. The Morgan fingerprint density at radius 1 is 0.955 bits per heavy atom. The molecule has 2 aromatic heterocycles. The number of carbonyl (C=O) groups is 1. The van der Waals surface area contributed by atoms with Crippen LogP contribution in [0.5, 0.6) is 0 Å². The molecule has 4 aromatic rings. The van der Waals surface area contributed by atoms with Crippen molar-refractivity contribution in [2.75, 3.05) is 49.3 Å². The fourth-order valence-corrected chi connectivity index (χ4v) is 5.41. The van der Waals surface area contributed by atoms with Gasteiger partial charge in [0.25, 0.3) is 5.91 Å². The molecular formula is C31H35BN6O6. The lowest BCUT2D eigenvalue weighted by atomic mass is 9.80. The summed E-state index contributed by atoms with van der Waals surface area (Å²) in [6.07, 6.45) is 0. The number of hydrogen-bond acceptors (Lipinski definition) is 11. The van der Waals surface area contributed by atoms with Crippen LogP contribution in [-0.2, 0) is 20.9 Å². The molecule has 2 aromatic carbocycles. The minimum atomic E-state index is -1.53. The van der Waals surface area contributed by atoms with Crippen LogP contribution in [-0.4, -0.2) is 89.6 Å². The normalized spacial score (nSPS) is 18.8. The molecule has 0 radical (unpaired) electrons. The summed E-state index contributed by atoms with van der Waals surface area (Å²) in [7, 11) is -1.53. The number of nitrogens with zero attached hydrogens (tertiary/aromatic N) is 5. The van der Waals surface area contributed by atoms with Gasteiger partial charge in [0, 0.05) is 24.2 Å². The standard InChI is InChI=1S/C31H35BN6O6/c1-20-17-42-14-12-37(20)29-26-10-11-27(33-28(26)34-31(35-29)38-13-15-43-18-21(38)2)23-4-3-5-24(16-23)30(39)36-44-19-22-6-8-25(9-7-22)32(40)41/h3-11,16,20-21,40-41H,12-15,17-19H2,1-2H3,(H,36,39). The largest absolute Gasteiger partial charge is 0.488 e. The van der Waals surface area contributed by atoms with Crippen molar-refractivity contribution in [2.24, 2.45) is 0 Å². The van der Waals surface area contributed by atoms with Gasteiger partial charge < -0.3 is 29.3 Å². The molecule has 4 heterocycles. The van der Waals surface area contributed by atoms with E-state index < -0.39 is 13.0 Å². The van der Waals surface area contributed by atoms with Crippen LogP contribution in [0.25, 0.3) is 22.3 Å². The first-order valence-corrected chi connectivity index (χ1v) is 14.7. The van der Waals surface area contributed by atoms with Gasteiger partial charge in [-0.25, -0.2) is 10.5 Å². The molecule has 228 valence electrons. The van der Waals surface area contributed by atoms with Gasteiger partial charge in [-0.1, -0.05) is 36.4 Å². The summed E-state index contributed by atoms with van der Waals surface area (Å²) in [5.74, 6) is 1.06. The van der Waals surface area contributed by atoms with Gasteiger partial charge in [0.2, 0.25) is 5.95 Å². The molecule has 0 bridgehead atoms. The SMILES string of the molecule is CC1COCCN1c1nc(N2CCOCC2C)c2ccc(-c3cccc(C(=O)NOCc4ccc(B(O)O)cc4)c3)nc2n1. The third kappa shape index (κ3) is 6.52. The lowest BCUT2D eigenvalue weighted by molar-refractivity contribution is 0.0233. The number of benzene rings is 2. The number of rotatable bonds is 8. The molecule has 2 atom stereocenters. The Hall–Kier alpha value is -4.14. The number of anilines is 2. The molecule has 13 heteroatoms. The quantitative estimate of drug-likeness (QED) is 0.202. The number of pyridine rings is 1. The zero-order valence-electron chi connectivity index (χ0n) is 24.7. The predicted molar refractivity (Wildman–Crippen MR) is 167 cm³/mol. The smallest absolute Gasteiger partial charge is 0.423 e. The number of aromatic nitrogens is 3. The van der Waals surface area contributed by atoms with Crippen LogP contribution in [0.4, 0.5) is 11.8 Å². The number of carbonyl (C=O) groups excluding carboxylic acids is 1. The second-order valence-electron chi connectivity index (χ2n) is 11.1. The van der Waals surface area contributed by atoms with Gasteiger partial charge in [-0.15, -0.1) is 0 Å². The van der Waals surface area contributed by atoms with Gasteiger partial charge in [0.15, 0.2) is 5.65 Å². The van der Waals surface area contributed by atoms with E-state index in [0.717, 1.165) is 28.9 Å².